The molecule has 29 heavy (non-hydrogen) atoms. The van der Waals surface area contributed by atoms with Crippen molar-refractivity contribution < 1.29 is 14.4 Å². The average molecular weight is 427 g/mol. The molecule has 3 aromatic rings. The minimum atomic E-state index is -0.929. The molecule has 3 heterocycles. The number of hydrogen-bond donors (Lipinski definition) is 1. The number of anilines is 1. The van der Waals surface area contributed by atoms with Crippen LogP contribution in [0.25, 0.3) is 9.88 Å². The third-order valence-corrected chi connectivity index (χ3v) is 6.82. The van der Waals surface area contributed by atoms with Crippen LogP contribution in [0.4, 0.5) is 5.13 Å². The lowest BCUT2D eigenvalue weighted by Gasteiger charge is -2.29. The lowest BCUT2D eigenvalue weighted by Crippen LogP contribution is -2.50. The van der Waals surface area contributed by atoms with Crippen LogP contribution in [0.15, 0.2) is 41.8 Å². The van der Waals surface area contributed by atoms with Gasteiger partial charge in [0.2, 0.25) is 11.0 Å². The van der Waals surface area contributed by atoms with Crippen molar-refractivity contribution >= 4 is 45.5 Å². The summed E-state index contributed by atoms with van der Waals surface area (Å²) < 4.78 is 0. The highest BCUT2D eigenvalue weighted by Crippen LogP contribution is 2.31. The minimum Gasteiger partial charge on any atom is -0.299 e. The zero-order valence-electron chi connectivity index (χ0n) is 15.8. The van der Waals surface area contributed by atoms with Crippen molar-refractivity contribution in [2.24, 2.45) is 5.92 Å². The smallest absolute Gasteiger partial charge is 0.262 e. The molecule has 148 valence electrons. The Bertz CT molecular complexity index is 1040. The molecule has 9 heteroatoms. The van der Waals surface area contributed by atoms with Crippen molar-refractivity contribution in [3.8, 4) is 9.88 Å². The lowest BCUT2D eigenvalue weighted by molar-refractivity contribution is -0.121. The van der Waals surface area contributed by atoms with Gasteiger partial charge in [0, 0.05) is 0 Å². The summed E-state index contributed by atoms with van der Waals surface area (Å²) in [6, 6.07) is 9.55. The van der Waals surface area contributed by atoms with Crippen LogP contribution in [0, 0.1) is 5.92 Å². The molecule has 2 unspecified atom stereocenters. The normalized spacial score (nSPS) is 15.3. The van der Waals surface area contributed by atoms with Crippen molar-refractivity contribution in [1.82, 2.24) is 15.1 Å². The van der Waals surface area contributed by atoms with E-state index < -0.39 is 23.8 Å². The number of carbonyl (C=O) groups is 3. The Kier molecular flexibility index (Phi) is 5.25. The highest BCUT2D eigenvalue weighted by Gasteiger charge is 2.44. The van der Waals surface area contributed by atoms with Gasteiger partial charge in [-0.1, -0.05) is 49.8 Å². The SMILES string of the molecule is CCC(C)C(C(=O)Nc1nnc(-c2cccs2)s1)N1C(=O)c2ccccc2C1=O. The number of rotatable bonds is 6. The van der Waals surface area contributed by atoms with Crippen LogP contribution in [-0.2, 0) is 4.79 Å². The predicted octanol–water partition coefficient (Wildman–Crippen LogP) is 3.92. The number of thiophene rings is 1. The Labute approximate surface area is 175 Å². The largest absolute Gasteiger partial charge is 0.299 e. The first-order valence-corrected chi connectivity index (χ1v) is 10.9. The van der Waals surface area contributed by atoms with E-state index in [2.05, 4.69) is 15.5 Å². The molecule has 0 aliphatic carbocycles. The maximum Gasteiger partial charge on any atom is 0.262 e. The molecule has 7 nitrogen and oxygen atoms in total. The van der Waals surface area contributed by atoms with Crippen LogP contribution in [0.3, 0.4) is 0 Å². The summed E-state index contributed by atoms with van der Waals surface area (Å²) in [5, 5.41) is 13.9. The molecule has 0 fully saturated rings. The van der Waals surface area contributed by atoms with Crippen LogP contribution in [-0.4, -0.2) is 38.9 Å². The number of imide groups is 1. The molecule has 0 bridgehead atoms. The molecular weight excluding hydrogens is 408 g/mol. The second-order valence-electron chi connectivity index (χ2n) is 6.74. The molecule has 4 rings (SSSR count). The van der Waals surface area contributed by atoms with Crippen LogP contribution in [0.5, 0.6) is 0 Å². The van der Waals surface area contributed by atoms with E-state index in [4.69, 9.17) is 0 Å². The maximum absolute atomic E-state index is 13.1. The lowest BCUT2D eigenvalue weighted by atomic mass is 9.96. The molecule has 2 aromatic heterocycles. The van der Waals surface area contributed by atoms with Crippen molar-refractivity contribution in [3.63, 3.8) is 0 Å². The van der Waals surface area contributed by atoms with E-state index >= 15 is 0 Å². The van der Waals surface area contributed by atoms with E-state index in [1.54, 1.807) is 24.3 Å². The van der Waals surface area contributed by atoms with Crippen molar-refractivity contribution in [3.05, 3.63) is 52.9 Å². The number of nitrogens with zero attached hydrogens (tertiary/aromatic N) is 3. The van der Waals surface area contributed by atoms with E-state index in [1.807, 2.05) is 31.4 Å². The highest BCUT2D eigenvalue weighted by molar-refractivity contribution is 7.23. The van der Waals surface area contributed by atoms with E-state index in [0.717, 1.165) is 9.78 Å². The summed E-state index contributed by atoms with van der Waals surface area (Å²) in [6.07, 6.45) is 0.627. The number of carbonyl (C=O) groups excluding carboxylic acids is 3. The Morgan fingerprint density at radius 1 is 1.10 bits per heavy atom. The Balaban J connectivity index is 1.60. The summed E-state index contributed by atoms with van der Waals surface area (Å²) in [5.41, 5.74) is 0.656. The zero-order valence-corrected chi connectivity index (χ0v) is 17.4. The number of amides is 3. The summed E-state index contributed by atoms with van der Waals surface area (Å²) in [4.78, 5) is 40.9. The number of fused-ring (bicyclic) bond motifs is 1. The maximum atomic E-state index is 13.1. The monoisotopic (exact) mass is 426 g/mol. The van der Waals surface area contributed by atoms with Crippen LogP contribution < -0.4 is 5.32 Å². The van der Waals surface area contributed by atoms with Gasteiger partial charge in [0.1, 0.15) is 6.04 Å². The Morgan fingerprint density at radius 2 is 1.79 bits per heavy atom. The highest BCUT2D eigenvalue weighted by atomic mass is 32.1. The number of hydrogen-bond acceptors (Lipinski definition) is 7. The first-order valence-electron chi connectivity index (χ1n) is 9.16. The number of aromatic nitrogens is 2. The molecule has 0 saturated carbocycles. The second-order valence-corrected chi connectivity index (χ2v) is 8.66. The van der Waals surface area contributed by atoms with Gasteiger partial charge in [0.15, 0.2) is 5.01 Å². The summed E-state index contributed by atoms with van der Waals surface area (Å²) in [7, 11) is 0. The van der Waals surface area contributed by atoms with Crippen LogP contribution in [0.2, 0.25) is 0 Å². The number of benzene rings is 1. The molecule has 1 N–H and O–H groups in total. The Hall–Kier alpha value is -2.91. The van der Waals surface area contributed by atoms with Gasteiger partial charge in [0.25, 0.3) is 11.8 Å². The van der Waals surface area contributed by atoms with E-state index in [-0.39, 0.29) is 5.92 Å². The molecule has 0 spiro atoms. The topological polar surface area (TPSA) is 92.3 Å². The molecule has 3 amide bonds. The zero-order chi connectivity index (χ0) is 20.5. The van der Waals surface area contributed by atoms with E-state index in [0.29, 0.717) is 27.7 Å². The summed E-state index contributed by atoms with van der Waals surface area (Å²) in [5.74, 6) is -1.55. The third kappa shape index (κ3) is 3.47. The van der Waals surface area contributed by atoms with Gasteiger partial charge in [-0.3, -0.25) is 24.6 Å². The van der Waals surface area contributed by atoms with Gasteiger partial charge in [-0.05, 0) is 29.5 Å². The molecule has 0 radical (unpaired) electrons. The standard InChI is InChI=1S/C20H18N4O3S2/c1-3-11(2)15(24-18(26)12-7-4-5-8-13(12)19(24)27)16(25)21-20-23-22-17(29-20)14-9-6-10-28-14/h4-11,15H,3H2,1-2H3,(H,21,23,25). The van der Waals surface area contributed by atoms with Crippen molar-refractivity contribution in [2.75, 3.05) is 5.32 Å². The third-order valence-electron chi connectivity index (χ3n) is 4.94. The van der Waals surface area contributed by atoms with Gasteiger partial charge in [-0.15, -0.1) is 21.5 Å². The fraction of sp³-hybridized carbons (Fsp3) is 0.250. The molecule has 2 atom stereocenters. The Morgan fingerprint density at radius 3 is 2.38 bits per heavy atom. The first-order chi connectivity index (χ1) is 14.0. The number of nitrogens with one attached hydrogen (secondary N) is 1. The van der Waals surface area contributed by atoms with Gasteiger partial charge < -0.3 is 0 Å². The quantitative estimate of drug-likeness (QED) is 0.603. The average Bonchev–Trinajstić information content (AvgIpc) is 3.46. The van der Waals surface area contributed by atoms with Gasteiger partial charge in [-0.25, -0.2) is 0 Å². The minimum absolute atomic E-state index is 0.220. The molecule has 1 aromatic carbocycles. The molecule has 1 aliphatic heterocycles. The van der Waals surface area contributed by atoms with Gasteiger partial charge in [-0.2, -0.15) is 0 Å². The summed E-state index contributed by atoms with van der Waals surface area (Å²) in [6.45, 7) is 3.77. The first kappa shape index (κ1) is 19.4. The summed E-state index contributed by atoms with van der Waals surface area (Å²) >= 11 is 2.79. The van der Waals surface area contributed by atoms with Crippen molar-refractivity contribution in [2.45, 2.75) is 26.3 Å². The fourth-order valence-corrected chi connectivity index (χ4v) is 4.81. The van der Waals surface area contributed by atoms with Gasteiger partial charge in [0.05, 0.1) is 16.0 Å². The molecule has 1 aliphatic rings. The predicted molar refractivity (Wildman–Crippen MR) is 112 cm³/mol. The van der Waals surface area contributed by atoms with E-state index in [9.17, 15) is 14.4 Å². The van der Waals surface area contributed by atoms with Crippen LogP contribution >= 0.6 is 22.7 Å². The van der Waals surface area contributed by atoms with Crippen LogP contribution in [0.1, 0.15) is 41.0 Å². The molecule has 0 saturated heterocycles. The molecular formula is C20H18N4O3S2. The van der Waals surface area contributed by atoms with Gasteiger partial charge >= 0.3 is 0 Å². The van der Waals surface area contributed by atoms with E-state index in [1.165, 1.54) is 22.7 Å². The van der Waals surface area contributed by atoms with Crippen molar-refractivity contribution in [1.29, 1.82) is 0 Å². The fourth-order valence-electron chi connectivity index (χ4n) is 3.27. The second kappa shape index (κ2) is 7.84.